The lowest BCUT2D eigenvalue weighted by atomic mass is 9.82. The molecule has 0 radical (unpaired) electrons. The molecule has 1 aromatic carbocycles. The fourth-order valence-electron chi connectivity index (χ4n) is 3.34. The van der Waals surface area contributed by atoms with Gasteiger partial charge >= 0.3 is 0 Å². The normalized spacial score (nSPS) is 30.9. The van der Waals surface area contributed by atoms with Crippen LogP contribution < -0.4 is 0 Å². The zero-order valence-electron chi connectivity index (χ0n) is 11.4. The van der Waals surface area contributed by atoms with Crippen LogP contribution in [0.2, 0.25) is 0 Å². The molecule has 2 heterocycles. The SMILES string of the molecule is O=C1CCN1C#Cc1ccccc1C12CCCCC1O2. The first-order chi connectivity index (χ1) is 9.79. The van der Waals surface area contributed by atoms with E-state index >= 15 is 0 Å². The summed E-state index contributed by atoms with van der Waals surface area (Å²) < 4.78 is 6.01. The van der Waals surface area contributed by atoms with E-state index in [0.717, 1.165) is 24.9 Å². The van der Waals surface area contributed by atoms with Crippen molar-refractivity contribution in [2.75, 3.05) is 6.54 Å². The largest absolute Gasteiger partial charge is 0.361 e. The minimum absolute atomic E-state index is 0.0809. The maximum absolute atomic E-state index is 11.3. The predicted molar refractivity (Wildman–Crippen MR) is 74.7 cm³/mol. The average Bonchev–Trinajstić information content (AvgIpc) is 3.22. The molecule has 0 spiro atoms. The van der Waals surface area contributed by atoms with E-state index in [1.54, 1.807) is 4.90 Å². The van der Waals surface area contributed by atoms with Gasteiger partial charge in [-0.3, -0.25) is 9.69 Å². The van der Waals surface area contributed by atoms with Gasteiger partial charge in [0, 0.05) is 30.1 Å². The van der Waals surface area contributed by atoms with Crippen molar-refractivity contribution in [1.82, 2.24) is 4.90 Å². The van der Waals surface area contributed by atoms with E-state index < -0.39 is 0 Å². The van der Waals surface area contributed by atoms with Crippen LogP contribution in [0.1, 0.15) is 43.2 Å². The Morgan fingerprint density at radius 1 is 1.30 bits per heavy atom. The van der Waals surface area contributed by atoms with E-state index in [0.29, 0.717) is 12.5 Å². The Balaban J connectivity index is 1.66. The number of epoxide rings is 1. The Labute approximate surface area is 118 Å². The van der Waals surface area contributed by atoms with Crippen LogP contribution in [0.4, 0.5) is 0 Å². The molecule has 0 aromatic heterocycles. The number of amides is 1. The lowest BCUT2D eigenvalue weighted by molar-refractivity contribution is -0.135. The van der Waals surface area contributed by atoms with E-state index in [4.69, 9.17) is 4.74 Å². The van der Waals surface area contributed by atoms with E-state index in [1.165, 1.54) is 18.4 Å². The van der Waals surface area contributed by atoms with Crippen LogP contribution in [0.25, 0.3) is 0 Å². The summed E-state index contributed by atoms with van der Waals surface area (Å²) in [6.45, 7) is 0.762. The van der Waals surface area contributed by atoms with Crippen molar-refractivity contribution in [3.63, 3.8) is 0 Å². The summed E-state index contributed by atoms with van der Waals surface area (Å²) in [5.74, 6) is 3.30. The highest BCUT2D eigenvalue weighted by Gasteiger charge is 2.58. The second-order valence-corrected chi connectivity index (χ2v) is 5.82. The first kappa shape index (κ1) is 12.0. The predicted octanol–water partition coefficient (Wildman–Crippen LogP) is 2.40. The van der Waals surface area contributed by atoms with Gasteiger partial charge in [-0.2, -0.15) is 0 Å². The summed E-state index contributed by atoms with van der Waals surface area (Å²) >= 11 is 0. The smallest absolute Gasteiger partial charge is 0.235 e. The third kappa shape index (κ3) is 1.76. The maximum atomic E-state index is 11.3. The lowest BCUT2D eigenvalue weighted by Crippen LogP contribution is -2.39. The van der Waals surface area contributed by atoms with E-state index in [-0.39, 0.29) is 11.5 Å². The van der Waals surface area contributed by atoms with Crippen molar-refractivity contribution >= 4 is 5.91 Å². The molecule has 3 nitrogen and oxygen atoms in total. The van der Waals surface area contributed by atoms with Crippen LogP contribution in [0.5, 0.6) is 0 Å². The molecule has 1 amide bonds. The number of hydrogen-bond acceptors (Lipinski definition) is 2. The minimum atomic E-state index is -0.0809. The maximum Gasteiger partial charge on any atom is 0.235 e. The third-order valence-corrected chi connectivity index (χ3v) is 4.64. The Kier molecular flexibility index (Phi) is 2.61. The molecule has 102 valence electrons. The number of nitrogens with zero attached hydrogens (tertiary/aromatic N) is 1. The molecule has 3 fully saturated rings. The molecule has 20 heavy (non-hydrogen) atoms. The minimum Gasteiger partial charge on any atom is -0.361 e. The molecule has 2 aliphatic heterocycles. The number of β-lactam (4-membered cyclic amide) rings is 1. The lowest BCUT2D eigenvalue weighted by Gasteiger charge is -2.23. The van der Waals surface area contributed by atoms with Crippen molar-refractivity contribution in [3.8, 4) is 12.0 Å². The fraction of sp³-hybridized carbons (Fsp3) is 0.471. The third-order valence-electron chi connectivity index (χ3n) is 4.64. The highest BCUT2D eigenvalue weighted by Crippen LogP contribution is 2.55. The zero-order chi connectivity index (χ0) is 13.6. The highest BCUT2D eigenvalue weighted by molar-refractivity contribution is 5.83. The standard InChI is InChI=1S/C17H17NO2/c19-16-9-12-18(16)11-8-13-5-1-2-6-14(13)17-10-4-3-7-15(17)20-17/h1-2,5-6,15H,3-4,7,9-10,12H2. The van der Waals surface area contributed by atoms with Gasteiger partial charge in [-0.1, -0.05) is 31.0 Å². The molecular weight excluding hydrogens is 250 g/mol. The molecule has 0 bridgehead atoms. The number of hydrogen-bond donors (Lipinski definition) is 0. The summed E-state index contributed by atoms with van der Waals surface area (Å²) in [4.78, 5) is 12.9. The van der Waals surface area contributed by atoms with Crippen LogP contribution in [0.15, 0.2) is 24.3 Å². The number of ether oxygens (including phenoxy) is 1. The molecular formula is C17H17NO2. The molecule has 0 N–H and O–H groups in total. The molecule has 2 saturated heterocycles. The van der Waals surface area contributed by atoms with Gasteiger partial charge in [-0.05, 0) is 24.8 Å². The van der Waals surface area contributed by atoms with Crippen LogP contribution >= 0.6 is 0 Å². The van der Waals surface area contributed by atoms with Gasteiger partial charge in [0.2, 0.25) is 5.91 Å². The number of rotatable bonds is 1. The molecule has 2 atom stereocenters. The van der Waals surface area contributed by atoms with Gasteiger partial charge in [0.05, 0.1) is 6.10 Å². The second kappa shape index (κ2) is 4.36. The van der Waals surface area contributed by atoms with Crippen molar-refractivity contribution < 1.29 is 9.53 Å². The topological polar surface area (TPSA) is 32.8 Å². The Hall–Kier alpha value is -1.79. The molecule has 1 saturated carbocycles. The second-order valence-electron chi connectivity index (χ2n) is 5.82. The summed E-state index contributed by atoms with van der Waals surface area (Å²) in [5.41, 5.74) is 2.14. The molecule has 2 unspecified atom stereocenters. The van der Waals surface area contributed by atoms with Crippen LogP contribution in [-0.2, 0) is 15.1 Å². The Bertz CT molecular complexity index is 627. The van der Waals surface area contributed by atoms with Crippen molar-refractivity contribution in [2.24, 2.45) is 0 Å². The number of carbonyl (C=O) groups is 1. The Morgan fingerprint density at radius 3 is 2.95 bits per heavy atom. The van der Waals surface area contributed by atoms with Gasteiger partial charge < -0.3 is 4.74 Å². The molecule has 1 aromatic rings. The zero-order valence-corrected chi connectivity index (χ0v) is 11.4. The van der Waals surface area contributed by atoms with Crippen molar-refractivity contribution in [2.45, 2.75) is 43.8 Å². The average molecular weight is 267 g/mol. The molecule has 3 heteroatoms. The summed E-state index contributed by atoms with van der Waals surface area (Å²) in [7, 11) is 0. The van der Waals surface area contributed by atoms with Gasteiger partial charge in [0.25, 0.3) is 0 Å². The molecule has 1 aliphatic carbocycles. The van der Waals surface area contributed by atoms with E-state index in [2.05, 4.69) is 24.1 Å². The Morgan fingerprint density at radius 2 is 2.20 bits per heavy atom. The fourth-order valence-corrected chi connectivity index (χ4v) is 3.34. The number of likely N-dealkylation sites (tertiary alicyclic amines) is 1. The van der Waals surface area contributed by atoms with Crippen molar-refractivity contribution in [3.05, 3.63) is 35.4 Å². The summed E-state index contributed by atoms with van der Waals surface area (Å²) in [5, 5.41) is 0. The van der Waals surface area contributed by atoms with Gasteiger partial charge in [0.1, 0.15) is 5.60 Å². The van der Waals surface area contributed by atoms with Crippen molar-refractivity contribution in [1.29, 1.82) is 0 Å². The van der Waals surface area contributed by atoms with Gasteiger partial charge in [0.15, 0.2) is 0 Å². The van der Waals surface area contributed by atoms with Crippen LogP contribution in [0, 0.1) is 12.0 Å². The molecule has 4 rings (SSSR count). The number of fused-ring (bicyclic) bond motifs is 1. The highest BCUT2D eigenvalue weighted by atomic mass is 16.6. The van der Waals surface area contributed by atoms with Gasteiger partial charge in [-0.15, -0.1) is 0 Å². The first-order valence-corrected chi connectivity index (χ1v) is 7.39. The van der Waals surface area contributed by atoms with Crippen LogP contribution in [0.3, 0.4) is 0 Å². The van der Waals surface area contributed by atoms with E-state index in [1.807, 2.05) is 12.1 Å². The van der Waals surface area contributed by atoms with E-state index in [9.17, 15) is 4.79 Å². The number of benzene rings is 1. The quantitative estimate of drug-likeness (QED) is 0.444. The summed E-state index contributed by atoms with van der Waals surface area (Å²) in [6.07, 6.45) is 5.76. The molecule has 3 aliphatic rings. The monoisotopic (exact) mass is 267 g/mol. The summed E-state index contributed by atoms with van der Waals surface area (Å²) in [6, 6.07) is 11.2. The first-order valence-electron chi connectivity index (χ1n) is 7.39. The van der Waals surface area contributed by atoms with Crippen LogP contribution in [-0.4, -0.2) is 23.5 Å². The van der Waals surface area contributed by atoms with Gasteiger partial charge in [-0.25, -0.2) is 0 Å². The number of carbonyl (C=O) groups excluding carboxylic acids is 1.